The molecule has 0 radical (unpaired) electrons. The first-order valence-corrected chi connectivity index (χ1v) is 9.22. The van der Waals surface area contributed by atoms with Gasteiger partial charge in [-0.1, -0.05) is 6.42 Å². The Balaban J connectivity index is 1.73. The number of rotatable bonds is 3. The third-order valence-corrected chi connectivity index (χ3v) is 6.42. The summed E-state index contributed by atoms with van der Waals surface area (Å²) in [4.78, 5) is 20.3. The number of hydrogen-bond acceptors (Lipinski definition) is 5. The number of amides is 1. The predicted octanol–water partition coefficient (Wildman–Crippen LogP) is 2.07. The Kier molecular flexibility index (Phi) is 4.63. The summed E-state index contributed by atoms with van der Waals surface area (Å²) in [5, 5.41) is 3.80. The Morgan fingerprint density at radius 2 is 2.40 bits per heavy atom. The van der Waals surface area contributed by atoms with Crippen LogP contribution in [0.1, 0.15) is 35.9 Å². The lowest BCUT2D eigenvalue weighted by Crippen LogP contribution is -2.42. The van der Waals surface area contributed by atoms with E-state index in [1.165, 1.54) is 25.0 Å². The first kappa shape index (κ1) is 14.4. The molecule has 0 aromatic carbocycles. The Bertz CT molecular complexity index is 471. The van der Waals surface area contributed by atoms with Gasteiger partial charge in [0.1, 0.15) is 6.04 Å². The highest BCUT2D eigenvalue weighted by atomic mass is 32.2. The smallest absolute Gasteiger partial charge is 0.245 e. The number of aromatic nitrogens is 1. The van der Waals surface area contributed by atoms with Crippen LogP contribution in [0.4, 0.5) is 0 Å². The second-order valence-electron chi connectivity index (χ2n) is 5.41. The van der Waals surface area contributed by atoms with Gasteiger partial charge in [0.25, 0.3) is 0 Å². The Labute approximate surface area is 128 Å². The summed E-state index contributed by atoms with van der Waals surface area (Å²) in [6.45, 7) is 1.71. The van der Waals surface area contributed by atoms with Crippen LogP contribution in [0.5, 0.6) is 0 Å². The number of thiazole rings is 1. The summed E-state index contributed by atoms with van der Waals surface area (Å²) in [5.41, 5.74) is 2.95. The molecule has 0 bridgehead atoms. The topological polar surface area (TPSA) is 45.2 Å². The maximum atomic E-state index is 12.7. The summed E-state index contributed by atoms with van der Waals surface area (Å²) in [6, 6.07) is -0.200. The van der Waals surface area contributed by atoms with E-state index in [0.717, 1.165) is 30.1 Å². The molecule has 0 aliphatic carbocycles. The van der Waals surface area contributed by atoms with Crippen LogP contribution in [-0.2, 0) is 11.2 Å². The minimum atomic E-state index is -0.200. The quantitative estimate of drug-likeness (QED) is 0.928. The van der Waals surface area contributed by atoms with Crippen molar-refractivity contribution in [2.24, 2.45) is 0 Å². The largest absolute Gasteiger partial charge is 0.340 e. The van der Waals surface area contributed by atoms with E-state index in [9.17, 15) is 4.79 Å². The first-order chi connectivity index (χ1) is 9.79. The highest BCUT2D eigenvalue weighted by molar-refractivity contribution is 7.99. The fraction of sp³-hybridized carbons (Fsp3) is 0.714. The van der Waals surface area contributed by atoms with Gasteiger partial charge in [0.2, 0.25) is 5.91 Å². The van der Waals surface area contributed by atoms with Crippen molar-refractivity contribution in [3.8, 4) is 0 Å². The van der Waals surface area contributed by atoms with E-state index in [2.05, 4.69) is 15.2 Å². The van der Waals surface area contributed by atoms with E-state index in [-0.39, 0.29) is 11.9 Å². The van der Waals surface area contributed by atoms with Gasteiger partial charge in [-0.15, -0.1) is 11.3 Å². The second kappa shape index (κ2) is 6.45. The van der Waals surface area contributed by atoms with Crippen molar-refractivity contribution >= 4 is 29.0 Å². The molecule has 2 aliphatic heterocycles. The Morgan fingerprint density at radius 1 is 1.50 bits per heavy atom. The number of likely N-dealkylation sites (N-methyl/N-ethyl adjacent to an activating group) is 1. The van der Waals surface area contributed by atoms with Crippen molar-refractivity contribution in [2.75, 3.05) is 25.9 Å². The lowest BCUT2D eigenvalue weighted by molar-refractivity contribution is -0.133. The molecule has 3 rings (SSSR count). The maximum absolute atomic E-state index is 12.7. The molecule has 110 valence electrons. The number of carbonyl (C=O) groups is 1. The minimum absolute atomic E-state index is 0.200. The molecule has 20 heavy (non-hydrogen) atoms. The Hall–Kier alpha value is -0.590. The van der Waals surface area contributed by atoms with Gasteiger partial charge in [-0.3, -0.25) is 4.79 Å². The fourth-order valence-corrected chi connectivity index (χ4v) is 5.24. The average Bonchev–Trinajstić information content (AvgIpc) is 2.89. The molecule has 1 saturated heterocycles. The summed E-state index contributed by atoms with van der Waals surface area (Å²) in [5.74, 6) is 1.47. The average molecular weight is 311 g/mol. The van der Waals surface area contributed by atoms with E-state index in [4.69, 9.17) is 0 Å². The molecule has 0 saturated carbocycles. The monoisotopic (exact) mass is 311 g/mol. The SMILES string of the molecule is CNC1C(=O)N(CC2CCCCS2)CCc2ncsc21. The maximum Gasteiger partial charge on any atom is 0.245 e. The van der Waals surface area contributed by atoms with Gasteiger partial charge >= 0.3 is 0 Å². The van der Waals surface area contributed by atoms with Crippen LogP contribution in [-0.4, -0.2) is 46.9 Å². The van der Waals surface area contributed by atoms with Gasteiger partial charge in [0.15, 0.2) is 0 Å². The highest BCUT2D eigenvalue weighted by Crippen LogP contribution is 2.30. The number of fused-ring (bicyclic) bond motifs is 1. The van der Waals surface area contributed by atoms with Crippen LogP contribution >= 0.6 is 23.1 Å². The normalized spacial score (nSPS) is 27.2. The number of hydrogen-bond donors (Lipinski definition) is 1. The molecular weight excluding hydrogens is 290 g/mol. The van der Waals surface area contributed by atoms with Crippen LogP contribution in [0, 0.1) is 0 Å². The van der Waals surface area contributed by atoms with Crippen molar-refractivity contribution in [3.05, 3.63) is 16.1 Å². The third-order valence-electron chi connectivity index (χ3n) is 4.10. The van der Waals surface area contributed by atoms with E-state index in [1.54, 1.807) is 11.3 Å². The van der Waals surface area contributed by atoms with Crippen molar-refractivity contribution in [1.82, 2.24) is 15.2 Å². The second-order valence-corrected chi connectivity index (χ2v) is 7.70. The molecule has 2 unspecified atom stereocenters. The third kappa shape index (κ3) is 2.87. The number of thioether (sulfide) groups is 1. The Morgan fingerprint density at radius 3 is 3.15 bits per heavy atom. The molecule has 1 amide bonds. The van der Waals surface area contributed by atoms with Crippen LogP contribution in [0.25, 0.3) is 0 Å². The van der Waals surface area contributed by atoms with Gasteiger partial charge < -0.3 is 10.2 Å². The molecule has 3 heterocycles. The summed E-state index contributed by atoms with van der Waals surface area (Å²) in [7, 11) is 1.87. The van der Waals surface area contributed by atoms with Gasteiger partial charge in [-0.2, -0.15) is 11.8 Å². The van der Waals surface area contributed by atoms with E-state index in [1.807, 2.05) is 24.3 Å². The summed E-state index contributed by atoms with van der Waals surface area (Å²) < 4.78 is 0. The zero-order chi connectivity index (χ0) is 13.9. The van der Waals surface area contributed by atoms with E-state index < -0.39 is 0 Å². The zero-order valence-corrected chi connectivity index (χ0v) is 13.4. The standard InChI is InChI=1S/C14H21N3OS2/c1-15-12-13-11(16-9-20-13)5-6-17(14(12)18)8-10-4-2-3-7-19-10/h9-10,12,15H,2-8H2,1H3. The zero-order valence-electron chi connectivity index (χ0n) is 11.8. The molecule has 1 aromatic heterocycles. The lowest BCUT2D eigenvalue weighted by Gasteiger charge is -2.30. The summed E-state index contributed by atoms with van der Waals surface area (Å²) in [6.07, 6.45) is 4.78. The lowest BCUT2D eigenvalue weighted by atomic mass is 10.1. The minimum Gasteiger partial charge on any atom is -0.340 e. The van der Waals surface area contributed by atoms with Crippen molar-refractivity contribution in [2.45, 2.75) is 37.0 Å². The summed E-state index contributed by atoms with van der Waals surface area (Å²) >= 11 is 3.63. The van der Waals surface area contributed by atoms with Gasteiger partial charge in [0, 0.05) is 24.8 Å². The van der Waals surface area contributed by atoms with Gasteiger partial charge in [0.05, 0.1) is 16.1 Å². The van der Waals surface area contributed by atoms with E-state index >= 15 is 0 Å². The van der Waals surface area contributed by atoms with Crippen LogP contribution in [0.3, 0.4) is 0 Å². The number of nitrogens with one attached hydrogen (secondary N) is 1. The molecule has 0 spiro atoms. The molecular formula is C14H21N3OS2. The fourth-order valence-electron chi connectivity index (χ4n) is 2.98. The number of carbonyl (C=O) groups excluding carboxylic acids is 1. The van der Waals surface area contributed by atoms with Crippen molar-refractivity contribution < 1.29 is 4.79 Å². The predicted molar refractivity (Wildman–Crippen MR) is 84.3 cm³/mol. The molecule has 1 fully saturated rings. The van der Waals surface area contributed by atoms with Crippen molar-refractivity contribution in [1.29, 1.82) is 0 Å². The number of nitrogens with zero attached hydrogens (tertiary/aromatic N) is 2. The first-order valence-electron chi connectivity index (χ1n) is 7.29. The van der Waals surface area contributed by atoms with Crippen LogP contribution in [0.15, 0.2) is 5.51 Å². The van der Waals surface area contributed by atoms with Gasteiger partial charge in [-0.25, -0.2) is 4.98 Å². The molecule has 1 N–H and O–H groups in total. The molecule has 4 nitrogen and oxygen atoms in total. The molecule has 2 atom stereocenters. The van der Waals surface area contributed by atoms with Crippen LogP contribution in [0.2, 0.25) is 0 Å². The molecule has 6 heteroatoms. The molecule has 1 aromatic rings. The highest BCUT2D eigenvalue weighted by Gasteiger charge is 2.32. The van der Waals surface area contributed by atoms with Crippen molar-refractivity contribution in [3.63, 3.8) is 0 Å². The van der Waals surface area contributed by atoms with E-state index in [0.29, 0.717) is 5.25 Å². The van der Waals surface area contributed by atoms with Gasteiger partial charge in [-0.05, 0) is 25.6 Å². The molecule has 2 aliphatic rings. The van der Waals surface area contributed by atoms with Crippen LogP contribution < -0.4 is 5.32 Å².